The molecule has 0 spiro atoms. The summed E-state index contributed by atoms with van der Waals surface area (Å²) in [5.74, 6) is 0.0875. The maximum Gasteiger partial charge on any atom is 0.330 e. The highest BCUT2D eigenvalue weighted by atomic mass is 16.6. The van der Waals surface area contributed by atoms with Gasteiger partial charge in [0.2, 0.25) is 0 Å². The molecule has 0 saturated carbocycles. The molecular weight excluding hydrogens is 208 g/mol. The van der Waals surface area contributed by atoms with Crippen molar-refractivity contribution in [3.05, 3.63) is 42.5 Å². The number of aldehydes is 1. The quantitative estimate of drug-likeness (QED) is 0.316. The standard InChI is InChI=1S/C12H12O4/c1-2-12(14)16-7-6-15-11-5-3-4-10(8-11)9-13/h2-5,8-9H,1,6-7H2. The summed E-state index contributed by atoms with van der Waals surface area (Å²) in [7, 11) is 0. The third-order valence-electron chi connectivity index (χ3n) is 1.76. The minimum atomic E-state index is -0.481. The van der Waals surface area contributed by atoms with Gasteiger partial charge >= 0.3 is 5.97 Å². The predicted molar refractivity (Wildman–Crippen MR) is 58.5 cm³/mol. The van der Waals surface area contributed by atoms with Crippen LogP contribution in [0, 0.1) is 0 Å². The van der Waals surface area contributed by atoms with Crippen LogP contribution in [0.4, 0.5) is 0 Å². The van der Waals surface area contributed by atoms with E-state index >= 15 is 0 Å². The molecule has 84 valence electrons. The monoisotopic (exact) mass is 220 g/mol. The second kappa shape index (κ2) is 6.40. The fourth-order valence-electron chi connectivity index (χ4n) is 1.04. The second-order valence-electron chi connectivity index (χ2n) is 2.91. The Morgan fingerprint density at radius 2 is 2.19 bits per heavy atom. The summed E-state index contributed by atoms with van der Waals surface area (Å²) < 4.78 is 9.99. The topological polar surface area (TPSA) is 52.6 Å². The van der Waals surface area contributed by atoms with Gasteiger partial charge in [0.05, 0.1) is 0 Å². The van der Waals surface area contributed by atoms with Crippen LogP contribution in [0.1, 0.15) is 10.4 Å². The SMILES string of the molecule is C=CC(=O)OCCOc1cccc(C=O)c1. The van der Waals surface area contributed by atoms with Gasteiger partial charge in [0.1, 0.15) is 25.2 Å². The Kier molecular flexibility index (Phi) is 4.79. The van der Waals surface area contributed by atoms with Crippen LogP contribution in [0.5, 0.6) is 5.75 Å². The van der Waals surface area contributed by atoms with Crippen LogP contribution >= 0.6 is 0 Å². The van der Waals surface area contributed by atoms with Gasteiger partial charge in [0, 0.05) is 11.6 Å². The van der Waals surface area contributed by atoms with E-state index in [0.717, 1.165) is 12.4 Å². The summed E-state index contributed by atoms with van der Waals surface area (Å²) in [5.41, 5.74) is 0.542. The zero-order valence-electron chi connectivity index (χ0n) is 8.72. The predicted octanol–water partition coefficient (Wildman–Crippen LogP) is 1.61. The number of rotatable bonds is 6. The average molecular weight is 220 g/mol. The molecule has 0 saturated heterocycles. The first-order chi connectivity index (χ1) is 7.76. The molecule has 1 aromatic carbocycles. The van der Waals surface area contributed by atoms with Gasteiger partial charge in [-0.3, -0.25) is 4.79 Å². The molecule has 0 amide bonds. The van der Waals surface area contributed by atoms with Crippen molar-refractivity contribution in [2.45, 2.75) is 0 Å². The van der Waals surface area contributed by atoms with E-state index in [1.54, 1.807) is 24.3 Å². The van der Waals surface area contributed by atoms with Crippen molar-refractivity contribution >= 4 is 12.3 Å². The van der Waals surface area contributed by atoms with E-state index in [4.69, 9.17) is 9.47 Å². The van der Waals surface area contributed by atoms with E-state index in [0.29, 0.717) is 11.3 Å². The molecule has 4 heteroatoms. The fraction of sp³-hybridized carbons (Fsp3) is 0.167. The summed E-state index contributed by atoms with van der Waals surface area (Å²) in [5, 5.41) is 0. The Bertz CT molecular complexity index is 384. The van der Waals surface area contributed by atoms with Crippen LogP contribution in [-0.2, 0) is 9.53 Å². The van der Waals surface area contributed by atoms with Gasteiger partial charge in [-0.05, 0) is 12.1 Å². The van der Waals surface area contributed by atoms with Crippen molar-refractivity contribution in [3.8, 4) is 5.75 Å². The Hall–Kier alpha value is -2.10. The van der Waals surface area contributed by atoms with Crippen molar-refractivity contribution in [2.24, 2.45) is 0 Å². The molecule has 0 radical (unpaired) electrons. The van der Waals surface area contributed by atoms with Crippen LogP contribution < -0.4 is 4.74 Å². The van der Waals surface area contributed by atoms with Gasteiger partial charge in [0.25, 0.3) is 0 Å². The van der Waals surface area contributed by atoms with E-state index in [1.165, 1.54) is 0 Å². The molecule has 1 rings (SSSR count). The molecular formula is C12H12O4. The number of hydrogen-bond acceptors (Lipinski definition) is 4. The Morgan fingerprint density at radius 1 is 1.38 bits per heavy atom. The summed E-state index contributed by atoms with van der Waals surface area (Å²) >= 11 is 0. The zero-order valence-corrected chi connectivity index (χ0v) is 8.72. The maximum absolute atomic E-state index is 10.7. The summed E-state index contributed by atoms with van der Waals surface area (Å²) in [6, 6.07) is 6.73. The lowest BCUT2D eigenvalue weighted by atomic mass is 10.2. The summed E-state index contributed by atoms with van der Waals surface area (Å²) in [4.78, 5) is 21.2. The van der Waals surface area contributed by atoms with Crippen LogP contribution in [0.2, 0.25) is 0 Å². The first-order valence-electron chi connectivity index (χ1n) is 4.73. The van der Waals surface area contributed by atoms with Gasteiger partial charge in [-0.25, -0.2) is 4.79 Å². The molecule has 0 heterocycles. The molecule has 4 nitrogen and oxygen atoms in total. The largest absolute Gasteiger partial charge is 0.490 e. The summed E-state index contributed by atoms with van der Waals surface area (Å²) in [6.07, 6.45) is 1.83. The van der Waals surface area contributed by atoms with Crippen LogP contribution in [0.3, 0.4) is 0 Å². The van der Waals surface area contributed by atoms with Crippen LogP contribution in [0.15, 0.2) is 36.9 Å². The molecule has 0 aliphatic carbocycles. The van der Waals surface area contributed by atoms with Crippen molar-refractivity contribution in [2.75, 3.05) is 13.2 Å². The molecule has 16 heavy (non-hydrogen) atoms. The Balaban J connectivity index is 2.34. The Morgan fingerprint density at radius 3 is 2.88 bits per heavy atom. The second-order valence-corrected chi connectivity index (χ2v) is 2.91. The molecule has 0 unspecified atom stereocenters. The number of ether oxygens (including phenoxy) is 2. The smallest absolute Gasteiger partial charge is 0.330 e. The molecule has 0 atom stereocenters. The number of carbonyl (C=O) groups is 2. The lowest BCUT2D eigenvalue weighted by molar-refractivity contribution is -0.138. The van der Waals surface area contributed by atoms with Gasteiger partial charge in [-0.2, -0.15) is 0 Å². The van der Waals surface area contributed by atoms with E-state index < -0.39 is 5.97 Å². The normalized spacial score (nSPS) is 9.25. The summed E-state index contributed by atoms with van der Waals surface area (Å²) in [6.45, 7) is 3.65. The van der Waals surface area contributed by atoms with Crippen molar-refractivity contribution < 1.29 is 19.1 Å². The Labute approximate surface area is 93.5 Å². The number of esters is 1. The highest BCUT2D eigenvalue weighted by Gasteiger charge is 1.98. The highest BCUT2D eigenvalue weighted by Crippen LogP contribution is 2.11. The van der Waals surface area contributed by atoms with E-state index in [2.05, 4.69) is 6.58 Å². The van der Waals surface area contributed by atoms with Gasteiger partial charge < -0.3 is 9.47 Å². The third kappa shape index (κ3) is 3.96. The van der Waals surface area contributed by atoms with Crippen LogP contribution in [0.25, 0.3) is 0 Å². The number of benzene rings is 1. The minimum Gasteiger partial charge on any atom is -0.490 e. The molecule has 0 fully saturated rings. The van der Waals surface area contributed by atoms with E-state index in [1.807, 2.05) is 0 Å². The van der Waals surface area contributed by atoms with Crippen molar-refractivity contribution in [3.63, 3.8) is 0 Å². The molecule has 0 aliphatic heterocycles. The fourth-order valence-corrected chi connectivity index (χ4v) is 1.04. The highest BCUT2D eigenvalue weighted by molar-refractivity contribution is 5.81. The number of carbonyl (C=O) groups excluding carboxylic acids is 2. The van der Waals surface area contributed by atoms with Gasteiger partial charge in [-0.1, -0.05) is 18.7 Å². The van der Waals surface area contributed by atoms with Gasteiger partial charge in [0.15, 0.2) is 0 Å². The van der Waals surface area contributed by atoms with Gasteiger partial charge in [-0.15, -0.1) is 0 Å². The first kappa shape index (κ1) is 12.0. The van der Waals surface area contributed by atoms with E-state index in [-0.39, 0.29) is 13.2 Å². The first-order valence-corrected chi connectivity index (χ1v) is 4.73. The lowest BCUT2D eigenvalue weighted by Crippen LogP contribution is -2.10. The third-order valence-corrected chi connectivity index (χ3v) is 1.76. The van der Waals surface area contributed by atoms with Crippen molar-refractivity contribution in [1.29, 1.82) is 0 Å². The van der Waals surface area contributed by atoms with Crippen LogP contribution in [-0.4, -0.2) is 25.5 Å². The maximum atomic E-state index is 10.7. The van der Waals surface area contributed by atoms with Crippen molar-refractivity contribution in [1.82, 2.24) is 0 Å². The average Bonchev–Trinajstić information content (AvgIpc) is 2.34. The minimum absolute atomic E-state index is 0.149. The molecule has 0 aliphatic rings. The molecule has 1 aromatic rings. The lowest BCUT2D eigenvalue weighted by Gasteiger charge is -2.06. The molecule has 0 N–H and O–H groups in total. The van der Waals surface area contributed by atoms with E-state index in [9.17, 15) is 9.59 Å². The zero-order chi connectivity index (χ0) is 11.8. The number of hydrogen-bond donors (Lipinski definition) is 0. The molecule has 0 bridgehead atoms. The molecule has 0 aromatic heterocycles.